The summed E-state index contributed by atoms with van der Waals surface area (Å²) < 4.78 is 5.44. The van der Waals surface area contributed by atoms with E-state index in [0.717, 1.165) is 64.1 Å². The molecule has 2 aromatic heterocycles. The van der Waals surface area contributed by atoms with Crippen molar-refractivity contribution in [1.29, 1.82) is 0 Å². The molecule has 0 saturated carbocycles. The Morgan fingerprint density at radius 3 is 2.85 bits per heavy atom. The highest BCUT2D eigenvalue weighted by molar-refractivity contribution is 6.05. The number of aromatic nitrogens is 3. The number of carbonyl (C=O) groups is 1. The monoisotopic (exact) mass is 370 g/mol. The van der Waals surface area contributed by atoms with Gasteiger partial charge in [0.05, 0.1) is 5.56 Å². The van der Waals surface area contributed by atoms with Gasteiger partial charge in [0.2, 0.25) is 0 Å². The number of primary amides is 1. The van der Waals surface area contributed by atoms with E-state index in [4.69, 9.17) is 15.5 Å². The van der Waals surface area contributed by atoms with E-state index in [9.17, 15) is 4.79 Å². The summed E-state index contributed by atoms with van der Waals surface area (Å²) in [6.45, 7) is 3.50. The zero-order chi connectivity index (χ0) is 18.6. The Bertz CT molecular complexity index is 815. The Morgan fingerprint density at radius 1 is 1.26 bits per heavy atom. The number of fused-ring (bicyclic) bond motifs is 1. The largest absolute Gasteiger partial charge is 0.381 e. The molecule has 2 saturated heterocycles. The van der Waals surface area contributed by atoms with Crippen LogP contribution in [-0.2, 0) is 11.2 Å². The molecule has 8 nitrogen and oxygen atoms in total. The molecule has 4 rings (SSSR count). The number of hydrogen-bond acceptors (Lipinski definition) is 7. The van der Waals surface area contributed by atoms with Crippen molar-refractivity contribution in [2.75, 3.05) is 31.6 Å². The number of piperidine rings is 1. The molecule has 1 atom stereocenters. The van der Waals surface area contributed by atoms with E-state index in [2.05, 4.69) is 20.6 Å². The van der Waals surface area contributed by atoms with Crippen molar-refractivity contribution in [3.63, 3.8) is 0 Å². The van der Waals surface area contributed by atoms with Gasteiger partial charge in [0.15, 0.2) is 5.82 Å². The van der Waals surface area contributed by atoms with Crippen molar-refractivity contribution >= 4 is 22.8 Å². The molecule has 1 amide bonds. The summed E-state index contributed by atoms with van der Waals surface area (Å²) in [6.07, 6.45) is 6.48. The topological polar surface area (TPSA) is 115 Å². The van der Waals surface area contributed by atoms with Crippen LogP contribution in [0.2, 0.25) is 0 Å². The summed E-state index contributed by atoms with van der Waals surface area (Å²) in [5.41, 5.74) is 8.05. The van der Waals surface area contributed by atoms with E-state index in [1.165, 1.54) is 6.33 Å². The maximum Gasteiger partial charge on any atom is 0.251 e. The molecule has 2 aliphatic heterocycles. The first-order valence-corrected chi connectivity index (χ1v) is 9.70. The molecule has 0 aromatic carbocycles. The number of anilines is 1. The molecular weight excluding hydrogens is 344 g/mol. The quantitative estimate of drug-likeness (QED) is 0.725. The number of hydrogen-bond donors (Lipinski definition) is 3. The summed E-state index contributed by atoms with van der Waals surface area (Å²) in [5.74, 6) is 0.692. The minimum atomic E-state index is -0.486. The van der Waals surface area contributed by atoms with Gasteiger partial charge in [-0.25, -0.2) is 15.0 Å². The number of nitrogens with one attached hydrogen (secondary N) is 2. The molecule has 4 N–H and O–H groups in total. The Kier molecular flexibility index (Phi) is 5.45. The fraction of sp³-hybridized carbons (Fsp3) is 0.579. The van der Waals surface area contributed by atoms with Gasteiger partial charge in [-0.1, -0.05) is 0 Å². The number of ether oxygens (including phenoxy) is 1. The van der Waals surface area contributed by atoms with Crippen LogP contribution in [0.1, 0.15) is 41.7 Å². The van der Waals surface area contributed by atoms with Crippen molar-refractivity contribution in [3.05, 3.63) is 23.7 Å². The van der Waals surface area contributed by atoms with Crippen molar-refractivity contribution in [2.24, 2.45) is 11.7 Å². The molecule has 0 aliphatic carbocycles. The van der Waals surface area contributed by atoms with E-state index < -0.39 is 5.91 Å². The smallest absolute Gasteiger partial charge is 0.251 e. The maximum absolute atomic E-state index is 12.0. The van der Waals surface area contributed by atoms with Gasteiger partial charge in [-0.15, -0.1) is 0 Å². The van der Waals surface area contributed by atoms with Crippen molar-refractivity contribution in [1.82, 2.24) is 20.3 Å². The van der Waals surface area contributed by atoms with Gasteiger partial charge in [0.25, 0.3) is 5.91 Å². The van der Waals surface area contributed by atoms with Crippen LogP contribution in [0.15, 0.2) is 12.4 Å². The number of nitrogens with two attached hydrogens (primary N) is 1. The second-order valence-electron chi connectivity index (χ2n) is 7.39. The summed E-state index contributed by atoms with van der Waals surface area (Å²) in [4.78, 5) is 25.6. The van der Waals surface area contributed by atoms with E-state index in [-0.39, 0.29) is 6.04 Å². The van der Waals surface area contributed by atoms with Gasteiger partial charge in [0.1, 0.15) is 17.4 Å². The third-order valence-corrected chi connectivity index (χ3v) is 5.39. The average molecular weight is 370 g/mol. The lowest BCUT2D eigenvalue weighted by molar-refractivity contribution is 0.0663. The maximum atomic E-state index is 12.0. The summed E-state index contributed by atoms with van der Waals surface area (Å²) in [6, 6.07) is 2.08. The Morgan fingerprint density at radius 2 is 2.11 bits per heavy atom. The fourth-order valence-corrected chi connectivity index (χ4v) is 3.91. The Balaban J connectivity index is 1.69. The third-order valence-electron chi connectivity index (χ3n) is 5.39. The van der Waals surface area contributed by atoms with Crippen LogP contribution < -0.4 is 16.4 Å². The predicted molar refractivity (Wildman–Crippen MR) is 103 cm³/mol. The standard InChI is InChI=1S/C19H26N6O2/c20-18(26)15-9-14(8-12-3-6-27-7-4-12)24-17-16(15)22-11-23-19(17)25-13-2-1-5-21-10-13/h9,11-13,21H,1-8,10H2,(H2,20,26)(H,22,23,25)/t13-/m0/s1. The molecule has 27 heavy (non-hydrogen) atoms. The zero-order valence-corrected chi connectivity index (χ0v) is 15.4. The molecule has 2 aliphatic rings. The molecule has 0 unspecified atom stereocenters. The van der Waals surface area contributed by atoms with Gasteiger partial charge in [-0.2, -0.15) is 0 Å². The number of carbonyl (C=O) groups excluding carboxylic acids is 1. The number of amides is 1. The van der Waals surface area contributed by atoms with E-state index >= 15 is 0 Å². The van der Waals surface area contributed by atoms with Crippen molar-refractivity contribution < 1.29 is 9.53 Å². The minimum absolute atomic E-state index is 0.287. The van der Waals surface area contributed by atoms with Crippen LogP contribution in [0.5, 0.6) is 0 Å². The van der Waals surface area contributed by atoms with Crippen LogP contribution in [-0.4, -0.2) is 53.2 Å². The van der Waals surface area contributed by atoms with E-state index in [1.807, 2.05) is 0 Å². The average Bonchev–Trinajstić information content (AvgIpc) is 2.69. The highest BCUT2D eigenvalue weighted by Crippen LogP contribution is 2.26. The van der Waals surface area contributed by atoms with Crippen LogP contribution in [0, 0.1) is 5.92 Å². The minimum Gasteiger partial charge on any atom is -0.381 e. The molecule has 144 valence electrons. The van der Waals surface area contributed by atoms with Gasteiger partial charge in [-0.3, -0.25) is 4.79 Å². The number of nitrogens with zero attached hydrogens (tertiary/aromatic N) is 3. The normalized spacial score (nSPS) is 21.3. The van der Waals surface area contributed by atoms with E-state index in [1.54, 1.807) is 6.07 Å². The molecule has 0 radical (unpaired) electrons. The molecule has 2 fully saturated rings. The molecule has 8 heteroatoms. The van der Waals surface area contributed by atoms with Gasteiger partial charge >= 0.3 is 0 Å². The van der Waals surface area contributed by atoms with Crippen LogP contribution in [0.3, 0.4) is 0 Å². The molecular formula is C19H26N6O2. The number of pyridine rings is 1. The molecule has 0 spiro atoms. The summed E-state index contributed by atoms with van der Waals surface area (Å²) in [5, 5.41) is 6.86. The lowest BCUT2D eigenvalue weighted by Crippen LogP contribution is -2.38. The Hall–Kier alpha value is -2.32. The van der Waals surface area contributed by atoms with Gasteiger partial charge in [0, 0.05) is 31.5 Å². The van der Waals surface area contributed by atoms with E-state index in [0.29, 0.717) is 28.3 Å². The predicted octanol–water partition coefficient (Wildman–Crippen LogP) is 1.26. The zero-order valence-electron chi connectivity index (χ0n) is 15.4. The van der Waals surface area contributed by atoms with Crippen LogP contribution in [0.4, 0.5) is 5.82 Å². The Labute approximate surface area is 158 Å². The summed E-state index contributed by atoms with van der Waals surface area (Å²) in [7, 11) is 0. The van der Waals surface area contributed by atoms with Crippen LogP contribution >= 0.6 is 0 Å². The summed E-state index contributed by atoms with van der Waals surface area (Å²) >= 11 is 0. The first-order valence-electron chi connectivity index (χ1n) is 9.70. The third kappa shape index (κ3) is 4.17. The molecule has 0 bridgehead atoms. The van der Waals surface area contributed by atoms with Gasteiger partial charge in [-0.05, 0) is 50.6 Å². The highest BCUT2D eigenvalue weighted by atomic mass is 16.5. The lowest BCUT2D eigenvalue weighted by atomic mass is 9.94. The molecule has 4 heterocycles. The highest BCUT2D eigenvalue weighted by Gasteiger charge is 2.21. The number of rotatable bonds is 5. The van der Waals surface area contributed by atoms with Crippen LogP contribution in [0.25, 0.3) is 11.0 Å². The second kappa shape index (κ2) is 8.14. The first-order chi connectivity index (χ1) is 13.2. The fourth-order valence-electron chi connectivity index (χ4n) is 3.91. The van der Waals surface area contributed by atoms with Crippen molar-refractivity contribution in [2.45, 2.75) is 38.1 Å². The lowest BCUT2D eigenvalue weighted by Gasteiger charge is -2.25. The molecule has 2 aromatic rings. The van der Waals surface area contributed by atoms with Crippen molar-refractivity contribution in [3.8, 4) is 0 Å². The first kappa shape index (κ1) is 18.1. The second-order valence-corrected chi connectivity index (χ2v) is 7.39. The van der Waals surface area contributed by atoms with Gasteiger partial charge < -0.3 is 21.1 Å². The SMILES string of the molecule is NC(=O)c1cc(CC2CCOCC2)nc2c(N[C@H]3CCCNC3)ncnc12.